The lowest BCUT2D eigenvalue weighted by Gasteiger charge is -2.39. The monoisotopic (exact) mass is 563 g/mol. The number of aryl methyl sites for hydroxylation is 1. The maximum atomic E-state index is 13.0. The van der Waals surface area contributed by atoms with Crippen molar-refractivity contribution in [3.8, 4) is 17.2 Å². The first-order chi connectivity index (χ1) is 19.9. The van der Waals surface area contributed by atoms with Crippen LogP contribution in [0, 0.1) is 5.92 Å². The second-order valence-electron chi connectivity index (χ2n) is 10.1. The van der Waals surface area contributed by atoms with E-state index in [-0.39, 0.29) is 29.4 Å². The number of hydrogen-bond donors (Lipinski definition) is 3. The fraction of sp³-hybridized carbons (Fsp3) is 0.375. The third-order valence-corrected chi connectivity index (χ3v) is 6.86. The van der Waals surface area contributed by atoms with E-state index in [1.807, 2.05) is 54.6 Å². The van der Waals surface area contributed by atoms with Crippen LogP contribution in [0.25, 0.3) is 0 Å². The van der Waals surface area contributed by atoms with Crippen molar-refractivity contribution in [1.82, 2.24) is 4.90 Å². The number of benzene rings is 3. The maximum absolute atomic E-state index is 13.0. The molecule has 3 N–H and O–H groups in total. The molecule has 0 radical (unpaired) electrons. The molecule has 1 aliphatic heterocycles. The first kappa shape index (κ1) is 29.9. The van der Waals surface area contributed by atoms with Gasteiger partial charge in [-0.3, -0.25) is 4.79 Å². The first-order valence-electron chi connectivity index (χ1n) is 13.9. The second kappa shape index (κ2) is 15.1. The van der Waals surface area contributed by atoms with E-state index < -0.39 is 12.3 Å². The van der Waals surface area contributed by atoms with E-state index in [2.05, 4.69) is 0 Å². The molecule has 0 unspecified atom stereocenters. The van der Waals surface area contributed by atoms with Crippen LogP contribution in [0.3, 0.4) is 0 Å². The first-order valence-corrected chi connectivity index (χ1v) is 13.9. The molecule has 0 spiro atoms. The van der Waals surface area contributed by atoms with Gasteiger partial charge in [0, 0.05) is 19.5 Å². The molecule has 3 aromatic carbocycles. The molecular weight excluding hydrogens is 526 g/mol. The average Bonchev–Trinajstić information content (AvgIpc) is 2.95. The van der Waals surface area contributed by atoms with E-state index in [9.17, 15) is 14.7 Å². The highest BCUT2D eigenvalue weighted by molar-refractivity contribution is 6.00. The highest BCUT2D eigenvalue weighted by Gasteiger charge is 2.33. The van der Waals surface area contributed by atoms with Gasteiger partial charge in [0.25, 0.3) is 5.91 Å². The summed E-state index contributed by atoms with van der Waals surface area (Å²) in [6.07, 6.45) is 2.06. The standard InChI is InChI=1S/C32H37NO8/c34-30(35)19-24-21-33(22-24)31(36)28-20-25(32(37)38)12-15-29(28)41-18-6-7-23-10-13-27(14-11-23)40-17-5-4-16-39-26-8-2-1-3-9-26/h1-3,8-15,20,24,30,34-35H,4-7,16-19,21-22H2,(H,37,38). The van der Waals surface area contributed by atoms with Gasteiger partial charge in [-0.05, 0) is 79.6 Å². The summed E-state index contributed by atoms with van der Waals surface area (Å²) in [6.45, 7) is 2.40. The van der Waals surface area contributed by atoms with Crippen molar-refractivity contribution in [2.45, 2.75) is 38.4 Å². The van der Waals surface area contributed by atoms with Gasteiger partial charge >= 0.3 is 5.97 Å². The van der Waals surface area contributed by atoms with Crippen LogP contribution < -0.4 is 14.2 Å². The number of amides is 1. The number of carbonyl (C=O) groups excluding carboxylic acids is 1. The van der Waals surface area contributed by atoms with E-state index in [1.165, 1.54) is 18.2 Å². The number of aliphatic hydroxyl groups is 2. The zero-order valence-electron chi connectivity index (χ0n) is 23.0. The molecule has 1 amide bonds. The highest BCUT2D eigenvalue weighted by Crippen LogP contribution is 2.28. The Balaban J connectivity index is 1.18. The van der Waals surface area contributed by atoms with E-state index >= 15 is 0 Å². The number of ether oxygens (including phenoxy) is 3. The summed E-state index contributed by atoms with van der Waals surface area (Å²) >= 11 is 0. The number of unbranched alkanes of at least 4 members (excludes halogenated alkanes) is 1. The van der Waals surface area contributed by atoms with Crippen LogP contribution in [0.4, 0.5) is 0 Å². The number of aromatic carboxylic acids is 1. The minimum atomic E-state index is -1.41. The molecule has 0 saturated carbocycles. The molecule has 4 rings (SSSR count). The molecule has 9 heteroatoms. The summed E-state index contributed by atoms with van der Waals surface area (Å²) < 4.78 is 17.4. The SMILES string of the molecule is O=C(O)c1ccc(OCCCc2ccc(OCCCCOc3ccccc3)cc2)c(C(=O)N2CC(CC(O)O)C2)c1. The Morgan fingerprint density at radius 1 is 0.805 bits per heavy atom. The van der Waals surface area contributed by atoms with Crippen LogP contribution in [0.2, 0.25) is 0 Å². The van der Waals surface area contributed by atoms with Gasteiger partial charge in [-0.1, -0.05) is 30.3 Å². The van der Waals surface area contributed by atoms with Crippen LogP contribution in [0.1, 0.15) is 52.0 Å². The fourth-order valence-electron chi connectivity index (χ4n) is 4.62. The van der Waals surface area contributed by atoms with Gasteiger partial charge in [-0.15, -0.1) is 0 Å². The summed E-state index contributed by atoms with van der Waals surface area (Å²) in [7, 11) is 0. The quantitative estimate of drug-likeness (QED) is 0.173. The average molecular weight is 564 g/mol. The van der Waals surface area contributed by atoms with Crippen LogP contribution in [-0.4, -0.2) is 71.3 Å². The normalized spacial score (nSPS) is 13.1. The number of rotatable bonds is 16. The van der Waals surface area contributed by atoms with Crippen LogP contribution in [0.15, 0.2) is 72.8 Å². The van der Waals surface area contributed by atoms with Crippen LogP contribution >= 0.6 is 0 Å². The lowest BCUT2D eigenvalue weighted by Crippen LogP contribution is -2.51. The molecule has 1 heterocycles. The molecule has 9 nitrogen and oxygen atoms in total. The van der Waals surface area contributed by atoms with Crippen LogP contribution in [0.5, 0.6) is 17.2 Å². The number of nitrogens with zero attached hydrogens (tertiary/aromatic N) is 1. The van der Waals surface area contributed by atoms with Gasteiger partial charge < -0.3 is 34.4 Å². The molecular formula is C32H37NO8. The largest absolute Gasteiger partial charge is 0.494 e. The van der Waals surface area contributed by atoms with E-state index in [1.54, 1.807) is 4.90 Å². The Kier molecular flexibility index (Phi) is 11.0. The Labute approximate surface area is 239 Å². The predicted octanol–water partition coefficient (Wildman–Crippen LogP) is 4.41. The van der Waals surface area contributed by atoms with E-state index in [0.717, 1.165) is 36.3 Å². The van der Waals surface area contributed by atoms with Gasteiger partial charge in [0.05, 0.1) is 30.9 Å². The molecule has 0 aromatic heterocycles. The lowest BCUT2D eigenvalue weighted by atomic mass is 9.94. The molecule has 218 valence electrons. The summed E-state index contributed by atoms with van der Waals surface area (Å²) in [5.41, 5.74) is 1.33. The fourth-order valence-corrected chi connectivity index (χ4v) is 4.62. The number of likely N-dealkylation sites (tertiary alicyclic amines) is 1. The van der Waals surface area contributed by atoms with E-state index in [0.29, 0.717) is 45.1 Å². The Morgan fingerprint density at radius 2 is 1.44 bits per heavy atom. The minimum Gasteiger partial charge on any atom is -0.494 e. The Bertz CT molecular complexity index is 1260. The smallest absolute Gasteiger partial charge is 0.335 e. The topological polar surface area (TPSA) is 126 Å². The summed E-state index contributed by atoms with van der Waals surface area (Å²) in [6, 6.07) is 22.0. The number of aliphatic hydroxyl groups excluding tert-OH is 1. The Morgan fingerprint density at radius 3 is 2.07 bits per heavy atom. The summed E-state index contributed by atoms with van der Waals surface area (Å²) in [5.74, 6) is 0.579. The van der Waals surface area contributed by atoms with Gasteiger partial charge in [0.1, 0.15) is 17.2 Å². The maximum Gasteiger partial charge on any atom is 0.335 e. The Hall–Kier alpha value is -4.08. The number of hydrogen-bond acceptors (Lipinski definition) is 7. The number of carboxylic acid groups (broad SMARTS) is 1. The second-order valence-corrected chi connectivity index (χ2v) is 10.1. The zero-order valence-corrected chi connectivity index (χ0v) is 23.0. The van der Waals surface area contributed by atoms with Crippen molar-refractivity contribution in [1.29, 1.82) is 0 Å². The van der Waals surface area contributed by atoms with Crippen molar-refractivity contribution in [2.75, 3.05) is 32.9 Å². The van der Waals surface area contributed by atoms with Crippen molar-refractivity contribution < 1.29 is 39.1 Å². The third kappa shape index (κ3) is 9.23. The van der Waals surface area contributed by atoms with Gasteiger partial charge in [0.15, 0.2) is 6.29 Å². The molecule has 1 fully saturated rings. The zero-order chi connectivity index (χ0) is 29.0. The van der Waals surface area contributed by atoms with Crippen molar-refractivity contribution in [3.05, 3.63) is 89.5 Å². The molecule has 3 aromatic rings. The minimum absolute atomic E-state index is 0.00212. The van der Waals surface area contributed by atoms with Gasteiger partial charge in [-0.2, -0.15) is 0 Å². The van der Waals surface area contributed by atoms with Crippen molar-refractivity contribution in [2.24, 2.45) is 5.92 Å². The highest BCUT2D eigenvalue weighted by atomic mass is 16.5. The summed E-state index contributed by atoms with van der Waals surface area (Å²) in [4.78, 5) is 26.1. The molecule has 1 aliphatic rings. The number of carboxylic acids is 1. The van der Waals surface area contributed by atoms with Gasteiger partial charge in [-0.25, -0.2) is 4.79 Å². The predicted molar refractivity (Wildman–Crippen MR) is 153 cm³/mol. The molecule has 1 saturated heterocycles. The number of carbonyl (C=O) groups is 2. The summed E-state index contributed by atoms with van der Waals surface area (Å²) in [5, 5.41) is 27.6. The molecule has 0 atom stereocenters. The van der Waals surface area contributed by atoms with Crippen LogP contribution in [-0.2, 0) is 6.42 Å². The number of para-hydroxylation sites is 1. The molecule has 0 aliphatic carbocycles. The van der Waals surface area contributed by atoms with Crippen molar-refractivity contribution in [3.63, 3.8) is 0 Å². The van der Waals surface area contributed by atoms with E-state index in [4.69, 9.17) is 24.4 Å². The lowest BCUT2D eigenvalue weighted by molar-refractivity contribution is -0.0706. The molecule has 41 heavy (non-hydrogen) atoms. The van der Waals surface area contributed by atoms with Crippen molar-refractivity contribution >= 4 is 11.9 Å². The van der Waals surface area contributed by atoms with Gasteiger partial charge in [0.2, 0.25) is 0 Å². The molecule has 0 bridgehead atoms. The third-order valence-electron chi connectivity index (χ3n) is 6.86.